The Morgan fingerprint density at radius 1 is 0.571 bits per heavy atom. The maximum absolute atomic E-state index is 6.05. The zero-order valence-corrected chi connectivity index (χ0v) is 22.3. The number of anilines is 4. The van der Waals surface area contributed by atoms with Crippen LogP contribution in [-0.4, -0.2) is 74.5 Å². The van der Waals surface area contributed by atoms with Gasteiger partial charge in [0.1, 0.15) is 37.8 Å². The third-order valence-electron chi connectivity index (χ3n) is 7.66. The number of ether oxygens (including phenoxy) is 2. The first-order chi connectivity index (χ1) is 16.7. The van der Waals surface area contributed by atoms with Crippen LogP contribution in [0.5, 0.6) is 11.5 Å². The zero-order chi connectivity index (χ0) is 25.9. The topological polar surface area (TPSA) is 123 Å². The average molecular weight is 489 g/mol. The Hall–Kier alpha value is -2.84. The van der Waals surface area contributed by atoms with Crippen molar-refractivity contribution in [2.75, 3.05) is 88.5 Å². The molecule has 0 fully saturated rings. The summed E-state index contributed by atoms with van der Waals surface area (Å²) in [6, 6.07) is 10.8. The van der Waals surface area contributed by atoms with Crippen molar-refractivity contribution in [2.24, 2.45) is 0 Å². The molecule has 0 unspecified atom stereocenters. The van der Waals surface area contributed by atoms with Gasteiger partial charge in [0.15, 0.2) is 0 Å². The van der Waals surface area contributed by atoms with Gasteiger partial charge in [-0.25, -0.2) is 0 Å². The molecule has 2 rings (SSSR count). The normalized spacial score (nSPS) is 12.0. The fraction of sp³-hybridized carbons (Fsp3) is 0.556. The molecular weight excluding hydrogens is 440 g/mol. The molecule has 8 heteroatoms. The number of nitrogens with zero attached hydrogens (tertiary/aromatic N) is 2. The van der Waals surface area contributed by atoms with Crippen LogP contribution >= 0.6 is 0 Å². The van der Waals surface area contributed by atoms with E-state index in [1.165, 1.54) is 0 Å². The molecule has 0 aliphatic carbocycles. The van der Waals surface area contributed by atoms with Gasteiger partial charge in [-0.05, 0) is 64.1 Å². The number of nitrogens with two attached hydrogens (primary N) is 4. The van der Waals surface area contributed by atoms with Crippen molar-refractivity contribution in [1.29, 1.82) is 0 Å². The molecule has 0 atom stereocenters. The average Bonchev–Trinajstić information content (AvgIpc) is 2.84. The van der Waals surface area contributed by atoms with Gasteiger partial charge >= 0.3 is 0 Å². The van der Waals surface area contributed by atoms with Crippen LogP contribution in [0, 0.1) is 0 Å². The van der Waals surface area contributed by atoms with E-state index in [2.05, 4.69) is 27.7 Å². The van der Waals surface area contributed by atoms with Crippen LogP contribution in [0.15, 0.2) is 36.4 Å². The second-order valence-corrected chi connectivity index (χ2v) is 9.49. The molecule has 0 spiro atoms. The lowest BCUT2D eigenvalue weighted by Crippen LogP contribution is -2.54. The quantitative estimate of drug-likeness (QED) is 0.212. The van der Waals surface area contributed by atoms with Gasteiger partial charge in [0.2, 0.25) is 0 Å². The van der Waals surface area contributed by atoms with Crippen molar-refractivity contribution in [2.45, 2.75) is 34.1 Å². The molecule has 8 N–H and O–H groups in total. The molecular formula is C27H48N6O2+2. The van der Waals surface area contributed by atoms with Crippen molar-refractivity contribution >= 4 is 22.7 Å². The van der Waals surface area contributed by atoms with Gasteiger partial charge in [0, 0.05) is 17.8 Å². The van der Waals surface area contributed by atoms with Crippen LogP contribution in [-0.2, 0) is 0 Å². The lowest BCUT2D eigenvalue weighted by molar-refractivity contribution is -0.942. The summed E-state index contributed by atoms with van der Waals surface area (Å²) < 4.78 is 14.1. The fourth-order valence-electron chi connectivity index (χ4n) is 4.77. The van der Waals surface area contributed by atoms with E-state index in [1.54, 1.807) is 12.1 Å². The molecule has 0 aliphatic rings. The summed E-state index contributed by atoms with van der Waals surface area (Å²) in [5, 5.41) is 0. The first-order valence-electron chi connectivity index (χ1n) is 13.0. The number of hydrogen-bond donors (Lipinski definition) is 4. The molecule has 0 amide bonds. The van der Waals surface area contributed by atoms with Crippen LogP contribution in [0.4, 0.5) is 22.7 Å². The minimum atomic E-state index is 0.590. The Morgan fingerprint density at radius 2 is 0.943 bits per heavy atom. The lowest BCUT2D eigenvalue weighted by Gasteiger charge is -2.40. The summed E-state index contributed by atoms with van der Waals surface area (Å²) in [7, 11) is 0. The highest BCUT2D eigenvalue weighted by Gasteiger charge is 2.28. The summed E-state index contributed by atoms with van der Waals surface area (Å²) in [5.74, 6) is 1.41. The van der Waals surface area contributed by atoms with E-state index in [-0.39, 0.29) is 0 Å². The van der Waals surface area contributed by atoms with Crippen molar-refractivity contribution in [3.8, 4) is 11.5 Å². The third kappa shape index (κ3) is 8.11. The van der Waals surface area contributed by atoms with Crippen molar-refractivity contribution in [1.82, 2.24) is 0 Å². The summed E-state index contributed by atoms with van der Waals surface area (Å²) in [5.41, 5.74) is 26.2. The largest absolute Gasteiger partial charge is 0.486 e. The van der Waals surface area contributed by atoms with E-state index >= 15 is 0 Å². The molecule has 0 saturated carbocycles. The van der Waals surface area contributed by atoms with Crippen LogP contribution in [0.25, 0.3) is 0 Å². The number of likely N-dealkylation sites (N-methyl/N-ethyl adjacent to an activating group) is 2. The van der Waals surface area contributed by atoms with E-state index in [9.17, 15) is 0 Å². The summed E-state index contributed by atoms with van der Waals surface area (Å²) >= 11 is 0. The second-order valence-electron chi connectivity index (χ2n) is 9.49. The van der Waals surface area contributed by atoms with Crippen LogP contribution < -0.4 is 32.4 Å². The van der Waals surface area contributed by atoms with Gasteiger partial charge in [-0.1, -0.05) is 0 Å². The van der Waals surface area contributed by atoms with Crippen molar-refractivity contribution in [3.63, 3.8) is 0 Å². The predicted molar refractivity (Wildman–Crippen MR) is 148 cm³/mol. The minimum Gasteiger partial charge on any atom is -0.486 e. The number of benzene rings is 2. The van der Waals surface area contributed by atoms with Crippen LogP contribution in [0.1, 0.15) is 34.1 Å². The second kappa shape index (κ2) is 13.3. The monoisotopic (exact) mass is 488 g/mol. The molecule has 0 saturated heterocycles. The van der Waals surface area contributed by atoms with Crippen LogP contribution in [0.2, 0.25) is 0 Å². The maximum atomic E-state index is 6.05. The molecule has 2 aromatic rings. The van der Waals surface area contributed by atoms with E-state index in [0.717, 1.165) is 67.7 Å². The lowest BCUT2D eigenvalue weighted by atomic mass is 10.2. The Kier molecular flexibility index (Phi) is 10.8. The highest BCUT2D eigenvalue weighted by atomic mass is 16.5. The highest BCUT2D eigenvalue weighted by molar-refractivity contribution is 5.61. The SMILES string of the molecule is CC[N+](CC)(CCC[N+](CC)(CC)CCOc1ccc(N)cc1N)CCOc1ccc(N)cc1N. The Morgan fingerprint density at radius 3 is 1.26 bits per heavy atom. The number of rotatable bonds is 16. The number of nitrogen functional groups attached to an aromatic ring is 4. The van der Waals surface area contributed by atoms with Gasteiger partial charge in [-0.15, -0.1) is 0 Å². The van der Waals surface area contributed by atoms with Gasteiger partial charge in [0.05, 0.1) is 50.6 Å². The Bertz CT molecular complexity index is 839. The first-order valence-corrected chi connectivity index (χ1v) is 13.0. The van der Waals surface area contributed by atoms with Crippen molar-refractivity contribution < 1.29 is 18.4 Å². The van der Waals surface area contributed by atoms with Gasteiger partial charge < -0.3 is 41.4 Å². The molecule has 8 nitrogen and oxygen atoms in total. The highest BCUT2D eigenvalue weighted by Crippen LogP contribution is 2.25. The van der Waals surface area contributed by atoms with Gasteiger partial charge in [-0.2, -0.15) is 0 Å². The molecule has 0 radical (unpaired) electrons. The smallest absolute Gasteiger partial charge is 0.142 e. The Labute approximate surface area is 211 Å². The molecule has 2 aromatic carbocycles. The zero-order valence-electron chi connectivity index (χ0n) is 22.3. The molecule has 35 heavy (non-hydrogen) atoms. The summed E-state index contributed by atoms with van der Waals surface area (Å²) in [6.07, 6.45) is 1.15. The van der Waals surface area contributed by atoms with Crippen molar-refractivity contribution in [3.05, 3.63) is 36.4 Å². The van der Waals surface area contributed by atoms with E-state index in [0.29, 0.717) is 47.5 Å². The molecule has 0 heterocycles. The van der Waals surface area contributed by atoms with E-state index < -0.39 is 0 Å². The van der Waals surface area contributed by atoms with Gasteiger partial charge in [-0.3, -0.25) is 0 Å². The predicted octanol–water partition coefficient (Wildman–Crippen LogP) is 3.58. The van der Waals surface area contributed by atoms with E-state index in [4.69, 9.17) is 32.4 Å². The fourth-order valence-corrected chi connectivity index (χ4v) is 4.77. The molecule has 0 aromatic heterocycles. The van der Waals surface area contributed by atoms with Gasteiger partial charge in [0.25, 0.3) is 0 Å². The standard InChI is InChI=1S/C27H48N6O2/c1-5-32(6-2,16-18-34-26-12-10-22(28)20-24(26)30)14-9-15-33(7-3,8-4)17-19-35-27-13-11-23(29)21-25(27)31/h10-13,20-21H,5-9,14-19,28-31H2,1-4H3/q+2. The van der Waals surface area contributed by atoms with Crippen LogP contribution in [0.3, 0.4) is 0 Å². The summed E-state index contributed by atoms with van der Waals surface area (Å²) in [4.78, 5) is 0. The maximum Gasteiger partial charge on any atom is 0.142 e. The third-order valence-corrected chi connectivity index (χ3v) is 7.66. The minimum absolute atomic E-state index is 0.590. The first kappa shape index (κ1) is 28.4. The Balaban J connectivity index is 1.89. The molecule has 0 bridgehead atoms. The number of quaternary nitrogens is 2. The molecule has 0 aliphatic heterocycles. The molecule has 196 valence electrons. The summed E-state index contributed by atoms with van der Waals surface area (Å²) in [6.45, 7) is 18.8. The van der Waals surface area contributed by atoms with E-state index in [1.807, 2.05) is 24.3 Å². The number of hydrogen-bond acceptors (Lipinski definition) is 6.